The van der Waals surface area contributed by atoms with Crippen LogP contribution in [0, 0.1) is 0 Å². The van der Waals surface area contributed by atoms with Crippen LogP contribution in [0.1, 0.15) is 42.5 Å². The second-order valence-corrected chi connectivity index (χ2v) is 13.9. The summed E-state index contributed by atoms with van der Waals surface area (Å²) in [5, 5.41) is 6.07. The molecule has 3 aromatic carbocycles. The number of nitrogens with zero attached hydrogens (tertiary/aromatic N) is 6. The van der Waals surface area contributed by atoms with Gasteiger partial charge in [-0.25, -0.2) is 9.78 Å². The highest BCUT2D eigenvalue weighted by molar-refractivity contribution is 5.96. The van der Waals surface area contributed by atoms with Gasteiger partial charge in [-0.3, -0.25) is 0 Å². The van der Waals surface area contributed by atoms with Crippen LogP contribution in [-0.4, -0.2) is 97.7 Å². The van der Waals surface area contributed by atoms with Gasteiger partial charge >= 0.3 is 6.09 Å². The number of aromatic nitrogens is 2. The Morgan fingerprint density at radius 3 is 2.42 bits per heavy atom. The first-order valence-corrected chi connectivity index (χ1v) is 18.1. The normalized spacial score (nSPS) is 18.6. The minimum atomic E-state index is -0.266. The predicted molar refractivity (Wildman–Crippen MR) is 195 cm³/mol. The molecule has 11 nitrogen and oxygen atoms in total. The molecule has 2 saturated heterocycles. The first-order chi connectivity index (χ1) is 24.6. The lowest BCUT2D eigenvalue weighted by Gasteiger charge is -2.38. The second kappa shape index (κ2) is 14.7. The van der Waals surface area contributed by atoms with Crippen molar-refractivity contribution in [3.63, 3.8) is 0 Å². The number of carbonyl (C=O) groups excluding carboxylic acids is 1. The van der Waals surface area contributed by atoms with Gasteiger partial charge < -0.3 is 39.1 Å². The van der Waals surface area contributed by atoms with Gasteiger partial charge in [-0.15, -0.1) is 0 Å². The molecule has 11 heteroatoms. The van der Waals surface area contributed by atoms with Gasteiger partial charge in [-0.2, -0.15) is 4.98 Å². The summed E-state index contributed by atoms with van der Waals surface area (Å²) >= 11 is 0. The van der Waals surface area contributed by atoms with Crippen LogP contribution >= 0.6 is 0 Å². The van der Waals surface area contributed by atoms with E-state index in [1.807, 2.05) is 35.2 Å². The van der Waals surface area contributed by atoms with Crippen LogP contribution in [0.5, 0.6) is 5.75 Å². The molecule has 0 atom stereocenters. The predicted octanol–water partition coefficient (Wildman–Crippen LogP) is 5.67. The molecule has 1 amide bonds. The third kappa shape index (κ3) is 7.29. The highest BCUT2D eigenvalue weighted by Crippen LogP contribution is 2.37. The van der Waals surface area contributed by atoms with Gasteiger partial charge in [-0.05, 0) is 49.1 Å². The second-order valence-electron chi connectivity index (χ2n) is 13.9. The van der Waals surface area contributed by atoms with E-state index in [1.54, 1.807) is 7.11 Å². The van der Waals surface area contributed by atoms with Gasteiger partial charge in [0.15, 0.2) is 6.79 Å². The van der Waals surface area contributed by atoms with Crippen molar-refractivity contribution in [2.75, 3.05) is 74.8 Å². The number of methoxy groups -OCH3 is 1. The van der Waals surface area contributed by atoms with Crippen LogP contribution in [0.25, 0.3) is 10.8 Å². The summed E-state index contributed by atoms with van der Waals surface area (Å²) in [4.78, 5) is 32.6. The minimum absolute atomic E-state index is 0.198. The molecule has 0 spiro atoms. The molecule has 0 bridgehead atoms. The highest BCUT2D eigenvalue weighted by atomic mass is 16.7. The standard InChI is InChI=1S/C39H47N7O4/c1-48-27-50-32-23-29-9-5-6-10-33(29)36(24-32)46-18-15-34-35(25-46)41-38(40-30-13-16-43(17-14-30)31-11-12-31)42-37(34)44-19-21-45(22-20-44)39(47)49-26-28-7-3-2-4-8-28/h2-10,23-24,30-31H,11-22,25-27H2,1H3,(H,40,41,42). The fourth-order valence-corrected chi connectivity index (χ4v) is 7.62. The number of rotatable bonds is 10. The van der Waals surface area contributed by atoms with Crippen LogP contribution < -0.4 is 19.9 Å². The number of amides is 1. The van der Waals surface area contributed by atoms with Crippen molar-refractivity contribution in [3.05, 3.63) is 83.6 Å². The Labute approximate surface area is 294 Å². The van der Waals surface area contributed by atoms with Crippen LogP contribution in [0.2, 0.25) is 0 Å². The molecule has 1 saturated carbocycles. The summed E-state index contributed by atoms with van der Waals surface area (Å²) < 4.78 is 16.8. The largest absolute Gasteiger partial charge is 0.467 e. The van der Waals surface area contributed by atoms with E-state index in [4.69, 9.17) is 24.2 Å². The van der Waals surface area contributed by atoms with E-state index in [0.29, 0.717) is 44.7 Å². The van der Waals surface area contributed by atoms with Crippen LogP contribution in [-0.2, 0) is 29.0 Å². The average Bonchev–Trinajstić information content (AvgIpc) is 4.02. The van der Waals surface area contributed by atoms with Gasteiger partial charge in [0.05, 0.1) is 12.2 Å². The minimum Gasteiger partial charge on any atom is -0.467 e. The number of benzene rings is 3. The van der Waals surface area contributed by atoms with Crippen molar-refractivity contribution in [1.82, 2.24) is 19.8 Å². The van der Waals surface area contributed by atoms with Crippen LogP contribution in [0.4, 0.5) is 22.2 Å². The van der Waals surface area contributed by atoms with Crippen molar-refractivity contribution in [3.8, 4) is 5.75 Å². The third-order valence-corrected chi connectivity index (χ3v) is 10.5. The van der Waals surface area contributed by atoms with Gasteiger partial charge in [0, 0.05) is 87.7 Å². The molecule has 50 heavy (non-hydrogen) atoms. The number of piperazine rings is 1. The highest BCUT2D eigenvalue weighted by Gasteiger charge is 2.33. The number of hydrogen-bond acceptors (Lipinski definition) is 10. The smallest absolute Gasteiger partial charge is 0.410 e. The number of hydrogen-bond donors (Lipinski definition) is 1. The number of ether oxygens (including phenoxy) is 3. The Hall–Kier alpha value is -4.61. The molecular formula is C39H47N7O4. The maximum absolute atomic E-state index is 13.0. The van der Waals surface area contributed by atoms with Crippen molar-refractivity contribution >= 4 is 34.3 Å². The molecule has 3 aliphatic heterocycles. The molecule has 262 valence electrons. The van der Waals surface area contributed by atoms with Crippen LogP contribution in [0.3, 0.4) is 0 Å². The maximum atomic E-state index is 13.0. The molecule has 4 aromatic rings. The van der Waals surface area contributed by atoms with Crippen molar-refractivity contribution < 1.29 is 19.0 Å². The van der Waals surface area contributed by atoms with E-state index >= 15 is 0 Å². The van der Waals surface area contributed by atoms with E-state index in [1.165, 1.54) is 23.8 Å². The Morgan fingerprint density at radius 1 is 0.860 bits per heavy atom. The lowest BCUT2D eigenvalue weighted by Crippen LogP contribution is -2.49. The molecule has 4 heterocycles. The summed E-state index contributed by atoms with van der Waals surface area (Å²) in [5.74, 6) is 2.49. The molecule has 0 unspecified atom stereocenters. The molecule has 3 fully saturated rings. The van der Waals surface area contributed by atoms with Crippen LogP contribution in [0.15, 0.2) is 66.7 Å². The lowest BCUT2D eigenvalue weighted by molar-refractivity contribution is 0.0512. The Bertz CT molecular complexity index is 1790. The molecule has 1 N–H and O–H groups in total. The summed E-state index contributed by atoms with van der Waals surface area (Å²) in [6, 6.07) is 23.6. The molecular weight excluding hydrogens is 630 g/mol. The van der Waals surface area contributed by atoms with Crippen molar-refractivity contribution in [2.45, 2.75) is 57.3 Å². The number of piperidine rings is 1. The first-order valence-electron chi connectivity index (χ1n) is 18.1. The quantitative estimate of drug-likeness (QED) is 0.212. The molecule has 0 radical (unpaired) electrons. The topological polar surface area (TPSA) is 95.5 Å². The fraction of sp³-hybridized carbons (Fsp3) is 0.462. The van der Waals surface area contributed by atoms with Gasteiger partial charge in [0.2, 0.25) is 5.95 Å². The number of likely N-dealkylation sites (tertiary alicyclic amines) is 1. The Morgan fingerprint density at radius 2 is 1.64 bits per heavy atom. The summed E-state index contributed by atoms with van der Waals surface area (Å²) in [6.45, 7) is 6.79. The molecule has 1 aliphatic carbocycles. The van der Waals surface area contributed by atoms with E-state index in [9.17, 15) is 4.79 Å². The summed E-state index contributed by atoms with van der Waals surface area (Å²) in [7, 11) is 1.64. The average molecular weight is 678 g/mol. The van der Waals surface area contributed by atoms with E-state index in [-0.39, 0.29) is 19.5 Å². The maximum Gasteiger partial charge on any atom is 0.410 e. The Kier molecular flexibility index (Phi) is 9.58. The number of anilines is 3. The number of fused-ring (bicyclic) bond motifs is 2. The zero-order valence-electron chi connectivity index (χ0n) is 28.9. The number of carbonyl (C=O) groups is 1. The zero-order chi connectivity index (χ0) is 33.9. The monoisotopic (exact) mass is 677 g/mol. The fourth-order valence-electron chi connectivity index (χ4n) is 7.62. The molecule has 8 rings (SSSR count). The zero-order valence-corrected chi connectivity index (χ0v) is 28.9. The number of nitrogens with one attached hydrogen (secondary N) is 1. The summed E-state index contributed by atoms with van der Waals surface area (Å²) in [5.41, 5.74) is 4.37. The summed E-state index contributed by atoms with van der Waals surface area (Å²) in [6.07, 6.45) is 5.45. The van der Waals surface area contributed by atoms with Crippen molar-refractivity contribution in [2.24, 2.45) is 0 Å². The van der Waals surface area contributed by atoms with Gasteiger partial charge in [0.1, 0.15) is 18.2 Å². The Balaban J connectivity index is 1.03. The van der Waals surface area contributed by atoms with E-state index in [2.05, 4.69) is 56.4 Å². The van der Waals surface area contributed by atoms with Crippen molar-refractivity contribution in [1.29, 1.82) is 0 Å². The van der Waals surface area contributed by atoms with Gasteiger partial charge in [0.25, 0.3) is 0 Å². The van der Waals surface area contributed by atoms with Gasteiger partial charge in [-0.1, -0.05) is 54.6 Å². The van der Waals surface area contributed by atoms with E-state index < -0.39 is 0 Å². The SMILES string of the molecule is COCOc1cc(N2CCc3c(nc(NC4CCN(C5CC5)CC4)nc3N3CCN(C(=O)OCc4ccccc4)CC3)C2)c2ccccc2c1. The lowest BCUT2D eigenvalue weighted by atomic mass is 10.0. The molecule has 4 aliphatic rings. The molecule has 1 aromatic heterocycles. The van der Waals surface area contributed by atoms with E-state index in [0.717, 1.165) is 78.8 Å². The third-order valence-electron chi connectivity index (χ3n) is 10.5. The first kappa shape index (κ1) is 32.6.